The number of nitrogens with one attached hydrogen (secondary N) is 2. The highest BCUT2D eigenvalue weighted by Gasteiger charge is 2.19. The summed E-state index contributed by atoms with van der Waals surface area (Å²) in [4.78, 5) is 31.1. The van der Waals surface area contributed by atoms with Gasteiger partial charge in [0.15, 0.2) is 0 Å². The molecule has 9 nitrogen and oxygen atoms in total. The van der Waals surface area contributed by atoms with Crippen LogP contribution in [0.3, 0.4) is 0 Å². The molecule has 350 valence electrons. The normalized spacial score (nSPS) is 11.9. The molecule has 4 aromatic carbocycles. The van der Waals surface area contributed by atoms with Crippen LogP contribution >= 0.6 is 0 Å². The van der Waals surface area contributed by atoms with E-state index in [9.17, 15) is 20.1 Å². The predicted octanol–water partition coefficient (Wildman–Crippen LogP) is 15.8. The monoisotopic (exact) mass is 916 g/mol. The number of ether oxygens (including phenoxy) is 1. The highest BCUT2D eigenvalue weighted by molar-refractivity contribution is 6.00. The number of nitrogens with zero attached hydrogens (tertiary/aromatic N) is 2. The molecule has 0 spiro atoms. The number of carbonyl (C=O) groups is 1. The minimum absolute atomic E-state index is 0.160. The lowest BCUT2D eigenvalue weighted by Crippen LogP contribution is -2.07. The lowest BCUT2D eigenvalue weighted by molar-refractivity contribution is -0.134. The molecule has 0 unspecified atom stereocenters. The van der Waals surface area contributed by atoms with E-state index in [-0.39, 0.29) is 23.2 Å². The third kappa shape index (κ3) is 11.2. The predicted molar refractivity (Wildman–Crippen MR) is 282 cm³/mol. The van der Waals surface area contributed by atoms with Gasteiger partial charge < -0.3 is 30.0 Å². The van der Waals surface area contributed by atoms with Crippen LogP contribution in [0, 0.1) is 0 Å². The molecule has 0 radical (unpaired) electrons. The summed E-state index contributed by atoms with van der Waals surface area (Å²) in [7, 11) is 0. The van der Waals surface area contributed by atoms with Gasteiger partial charge >= 0.3 is 5.97 Å². The van der Waals surface area contributed by atoms with E-state index < -0.39 is 0 Å². The van der Waals surface area contributed by atoms with Gasteiger partial charge in [0, 0.05) is 50.7 Å². The summed E-state index contributed by atoms with van der Waals surface area (Å²) in [6, 6.07) is 37.1. The fourth-order valence-electron chi connectivity index (χ4n) is 9.46. The molecular weight excluding hydrogens is 857 g/mol. The molecule has 0 saturated carbocycles. The molecule has 0 fully saturated rings. The quantitative estimate of drug-likeness (QED) is 0.0309. The Labute approximate surface area is 404 Å². The number of H-pyrrole nitrogens is 2. The fraction of sp³-hybridized carbons (Fsp3) is 0.250. The largest absolute Gasteiger partial charge is 0.508 e. The molecule has 69 heavy (non-hydrogen) atoms. The zero-order valence-corrected chi connectivity index (χ0v) is 39.3. The van der Waals surface area contributed by atoms with Crippen molar-refractivity contribution in [3.63, 3.8) is 0 Å². The highest BCUT2D eigenvalue weighted by Crippen LogP contribution is 2.39. The number of hydrogen-bond donors (Lipinski definition) is 5. The van der Waals surface area contributed by atoms with Gasteiger partial charge in [-0.2, -0.15) is 0 Å². The molecule has 3 aromatic heterocycles. The van der Waals surface area contributed by atoms with Crippen molar-refractivity contribution in [1.29, 1.82) is 0 Å². The molecule has 2 aliphatic rings. The number of unbranched alkanes of at least 4 members (excludes halogenated alkanes) is 12. The van der Waals surface area contributed by atoms with Crippen molar-refractivity contribution in [2.24, 2.45) is 0 Å². The summed E-state index contributed by atoms with van der Waals surface area (Å²) in [5, 5.41) is 30.9. The number of esters is 1. The van der Waals surface area contributed by atoms with Crippen LogP contribution in [0.4, 0.5) is 0 Å². The summed E-state index contributed by atoms with van der Waals surface area (Å²) in [6.45, 7) is 2.26. The van der Waals surface area contributed by atoms with Gasteiger partial charge in [-0.1, -0.05) is 133 Å². The maximum atomic E-state index is 13.0. The van der Waals surface area contributed by atoms with Gasteiger partial charge in [-0.15, -0.1) is 0 Å². The van der Waals surface area contributed by atoms with E-state index >= 15 is 0 Å². The van der Waals surface area contributed by atoms with Gasteiger partial charge in [-0.3, -0.25) is 4.79 Å². The van der Waals surface area contributed by atoms with E-state index in [2.05, 4.69) is 16.9 Å². The summed E-state index contributed by atoms with van der Waals surface area (Å²) in [5.74, 6) is 0.747. The topological polar surface area (TPSA) is 144 Å². The number of phenolic OH excluding ortho intramolecular Hbond substituents is 3. The molecule has 2 aliphatic heterocycles. The number of hydrogen-bond acceptors (Lipinski definition) is 7. The average Bonchev–Trinajstić information content (AvgIpc) is 4.21. The molecule has 0 amide bonds. The first-order valence-corrected chi connectivity index (χ1v) is 24.7. The Bertz CT molecular complexity index is 3080. The molecule has 7 aromatic rings. The molecule has 8 bridgehead atoms. The van der Waals surface area contributed by atoms with Crippen LogP contribution in [0.2, 0.25) is 0 Å². The Hall–Kier alpha value is -7.65. The molecule has 5 heterocycles. The molecule has 0 atom stereocenters. The van der Waals surface area contributed by atoms with Crippen LogP contribution in [-0.2, 0) is 4.79 Å². The van der Waals surface area contributed by atoms with Gasteiger partial charge in [-0.05, 0) is 126 Å². The number of fused-ring (bicyclic) bond motifs is 8. The number of aromatic nitrogens is 4. The molecule has 5 N–H and O–H groups in total. The van der Waals surface area contributed by atoms with E-state index in [4.69, 9.17) is 14.7 Å². The second kappa shape index (κ2) is 22.0. The summed E-state index contributed by atoms with van der Waals surface area (Å²) >= 11 is 0. The first-order chi connectivity index (χ1) is 33.8. The minimum Gasteiger partial charge on any atom is -0.508 e. The van der Waals surface area contributed by atoms with Gasteiger partial charge in [0.25, 0.3) is 0 Å². The molecule has 0 aliphatic carbocycles. The smallest absolute Gasteiger partial charge is 0.311 e. The van der Waals surface area contributed by atoms with Crippen LogP contribution in [-0.4, -0.2) is 41.2 Å². The maximum Gasteiger partial charge on any atom is 0.311 e. The van der Waals surface area contributed by atoms with Crippen LogP contribution in [0.5, 0.6) is 23.0 Å². The molecule has 0 saturated heterocycles. The van der Waals surface area contributed by atoms with E-state index in [1.54, 1.807) is 36.4 Å². The standard InChI is InChI=1S/C60H60N4O5/c1-2-3-4-5-6-7-8-9-10-11-12-13-14-15-56(68)69-47-30-22-43(23-31-47)60-54-38-36-52(63-54)58(41-18-26-45(66)27-19-41)50-34-32-48(61-50)57(40-16-24-44(65)25-17-40)49-33-35-51(62-49)59(53-37-39-55(60)64-53)42-20-28-46(67)29-21-42/h16-39,61,64-67H,2-15H2,1H3. The zero-order chi connectivity index (χ0) is 47.5. The highest BCUT2D eigenvalue weighted by atomic mass is 16.5. The number of aromatic amines is 2. The number of rotatable bonds is 19. The Morgan fingerprint density at radius 1 is 0.406 bits per heavy atom. The van der Waals surface area contributed by atoms with E-state index in [0.29, 0.717) is 12.2 Å². The lowest BCUT2D eigenvalue weighted by atomic mass is 10.0. The van der Waals surface area contributed by atoms with Crippen molar-refractivity contribution < 1.29 is 24.9 Å². The third-order valence-electron chi connectivity index (χ3n) is 13.1. The first kappa shape index (κ1) is 46.5. The third-order valence-corrected chi connectivity index (χ3v) is 13.1. The first-order valence-electron chi connectivity index (χ1n) is 24.7. The number of carbonyl (C=O) groups excluding carboxylic acids is 1. The SMILES string of the molecule is CCCCCCCCCCCCCCCC(=O)Oc1ccc(-c2c3nc(c(-c4ccc(O)cc4)c4ccc([nH]4)c(-c4ccc(O)cc4)c4nc(c(-c5ccc(O)cc5)c5ccc2[nH]5)C=C4)C=C3)cc1. The van der Waals surface area contributed by atoms with Crippen molar-refractivity contribution in [2.75, 3.05) is 0 Å². The number of aromatic hydroxyl groups is 3. The Kier molecular flexibility index (Phi) is 14.8. The average molecular weight is 917 g/mol. The van der Waals surface area contributed by atoms with Crippen molar-refractivity contribution in [3.8, 4) is 67.5 Å². The number of benzene rings is 4. The van der Waals surface area contributed by atoms with Gasteiger partial charge in [0.2, 0.25) is 0 Å². The van der Waals surface area contributed by atoms with Crippen molar-refractivity contribution in [1.82, 2.24) is 19.9 Å². The summed E-state index contributed by atoms with van der Waals surface area (Å²) in [5.41, 5.74) is 12.9. The minimum atomic E-state index is -0.223. The van der Waals surface area contributed by atoms with Crippen molar-refractivity contribution in [2.45, 2.75) is 96.8 Å². The Morgan fingerprint density at radius 2 is 0.696 bits per heavy atom. The van der Waals surface area contributed by atoms with E-state index in [1.807, 2.05) is 109 Å². The Morgan fingerprint density at radius 3 is 1.01 bits per heavy atom. The molecular formula is C60H60N4O5. The summed E-state index contributed by atoms with van der Waals surface area (Å²) < 4.78 is 5.85. The van der Waals surface area contributed by atoms with E-state index in [0.717, 1.165) is 109 Å². The number of phenols is 3. The van der Waals surface area contributed by atoms with Crippen LogP contribution in [0.1, 0.15) is 120 Å². The maximum absolute atomic E-state index is 13.0. The second-order valence-corrected chi connectivity index (χ2v) is 18.1. The molecule has 9 rings (SSSR count). The van der Waals surface area contributed by atoms with Crippen LogP contribution in [0.15, 0.2) is 121 Å². The van der Waals surface area contributed by atoms with Crippen LogP contribution < -0.4 is 4.74 Å². The second-order valence-electron chi connectivity index (χ2n) is 18.1. The van der Waals surface area contributed by atoms with Gasteiger partial charge in [0.1, 0.15) is 23.0 Å². The zero-order valence-electron chi connectivity index (χ0n) is 39.3. The molecule has 9 heteroatoms. The van der Waals surface area contributed by atoms with Crippen LogP contribution in [0.25, 0.3) is 90.9 Å². The van der Waals surface area contributed by atoms with E-state index in [1.165, 1.54) is 64.2 Å². The fourth-order valence-corrected chi connectivity index (χ4v) is 9.46. The van der Waals surface area contributed by atoms with Gasteiger partial charge in [-0.25, -0.2) is 9.97 Å². The summed E-state index contributed by atoms with van der Waals surface area (Å²) in [6.07, 6.45) is 24.7. The van der Waals surface area contributed by atoms with Crippen molar-refractivity contribution >= 4 is 52.3 Å². The van der Waals surface area contributed by atoms with Crippen molar-refractivity contribution in [3.05, 3.63) is 144 Å². The Balaban J connectivity index is 1.08. The lowest BCUT2D eigenvalue weighted by Gasteiger charge is -2.08. The van der Waals surface area contributed by atoms with Gasteiger partial charge in [0.05, 0.1) is 22.8 Å².